The fraction of sp³-hybridized carbons (Fsp3) is 0.0526. The number of aromatic nitrogens is 2. The summed E-state index contributed by atoms with van der Waals surface area (Å²) in [6.07, 6.45) is 4.67. The number of carbonyl (C=O) groups excluding carboxylic acids is 2. The number of nitrogens with one attached hydrogen (secondary N) is 2. The largest absolute Gasteiger partial charge is 0.347 e. The van der Waals surface area contributed by atoms with E-state index in [9.17, 15) is 9.59 Å². The Morgan fingerprint density at radius 2 is 1.88 bits per heavy atom. The van der Waals surface area contributed by atoms with E-state index in [1.54, 1.807) is 24.4 Å². The predicted molar refractivity (Wildman–Crippen MR) is 96.5 cm³/mol. The second kappa shape index (κ2) is 7.35. The maximum atomic E-state index is 12.5. The maximum Gasteiger partial charge on any atom is 0.270 e. The lowest BCUT2D eigenvalue weighted by molar-refractivity contribution is 0.0953. The van der Waals surface area contributed by atoms with Gasteiger partial charge in [0.05, 0.1) is 11.2 Å². The summed E-state index contributed by atoms with van der Waals surface area (Å²) < 4.78 is 0. The van der Waals surface area contributed by atoms with Crippen LogP contribution in [-0.4, -0.2) is 28.3 Å². The van der Waals surface area contributed by atoms with Crippen LogP contribution >= 0.6 is 0 Å². The summed E-state index contributed by atoms with van der Waals surface area (Å²) in [5.41, 5.74) is 1.83. The van der Waals surface area contributed by atoms with Gasteiger partial charge in [-0.2, -0.15) is 0 Å². The molecule has 6 nitrogen and oxygen atoms in total. The van der Waals surface area contributed by atoms with Gasteiger partial charge in [-0.3, -0.25) is 19.6 Å². The van der Waals surface area contributed by atoms with Crippen molar-refractivity contribution < 1.29 is 9.59 Å². The highest BCUT2D eigenvalue weighted by atomic mass is 16.2. The third kappa shape index (κ3) is 3.69. The van der Waals surface area contributed by atoms with Gasteiger partial charge >= 0.3 is 0 Å². The third-order valence-electron chi connectivity index (χ3n) is 3.54. The van der Waals surface area contributed by atoms with Crippen molar-refractivity contribution in [3.05, 3.63) is 78.8 Å². The average Bonchev–Trinajstić information content (AvgIpc) is 2.66. The smallest absolute Gasteiger partial charge is 0.270 e. The third-order valence-corrected chi connectivity index (χ3v) is 3.54. The SMILES string of the molecule is C=CCNC(=O)c1cc(C(=O)Nc2cccc3cccnc23)ccn1. The number of rotatable bonds is 5. The van der Waals surface area contributed by atoms with Crippen LogP contribution in [-0.2, 0) is 0 Å². The summed E-state index contributed by atoms with van der Waals surface area (Å²) in [6, 6.07) is 12.3. The van der Waals surface area contributed by atoms with Gasteiger partial charge in [-0.05, 0) is 24.3 Å². The Kier molecular flexibility index (Phi) is 4.80. The minimum Gasteiger partial charge on any atom is -0.347 e. The van der Waals surface area contributed by atoms with Gasteiger partial charge in [-0.25, -0.2) is 0 Å². The van der Waals surface area contributed by atoms with Crippen molar-refractivity contribution in [2.45, 2.75) is 0 Å². The van der Waals surface area contributed by atoms with Gasteiger partial charge in [0.15, 0.2) is 0 Å². The molecule has 0 radical (unpaired) electrons. The second-order valence-corrected chi connectivity index (χ2v) is 5.26. The second-order valence-electron chi connectivity index (χ2n) is 5.26. The first-order valence-corrected chi connectivity index (χ1v) is 7.69. The molecule has 1 aromatic carbocycles. The molecule has 0 aliphatic rings. The van der Waals surface area contributed by atoms with Crippen molar-refractivity contribution in [2.75, 3.05) is 11.9 Å². The quantitative estimate of drug-likeness (QED) is 0.704. The molecule has 2 N–H and O–H groups in total. The summed E-state index contributed by atoms with van der Waals surface area (Å²) >= 11 is 0. The normalized spacial score (nSPS) is 10.2. The molecule has 0 saturated heterocycles. The van der Waals surface area contributed by atoms with Crippen molar-refractivity contribution in [3.63, 3.8) is 0 Å². The van der Waals surface area contributed by atoms with Crippen molar-refractivity contribution in [1.29, 1.82) is 0 Å². The van der Waals surface area contributed by atoms with Crippen molar-refractivity contribution in [1.82, 2.24) is 15.3 Å². The van der Waals surface area contributed by atoms with E-state index in [-0.39, 0.29) is 17.5 Å². The van der Waals surface area contributed by atoms with E-state index in [0.29, 0.717) is 23.3 Å². The average molecular weight is 332 g/mol. The zero-order chi connectivity index (χ0) is 17.6. The number of hydrogen-bond donors (Lipinski definition) is 2. The molecular formula is C19H16N4O2. The van der Waals surface area contributed by atoms with E-state index < -0.39 is 0 Å². The molecular weight excluding hydrogens is 316 g/mol. The molecule has 6 heteroatoms. The van der Waals surface area contributed by atoms with Gasteiger partial charge in [0.1, 0.15) is 5.69 Å². The number of nitrogens with zero attached hydrogens (tertiary/aromatic N) is 2. The zero-order valence-electron chi connectivity index (χ0n) is 13.4. The van der Waals surface area contributed by atoms with Crippen LogP contribution in [0.25, 0.3) is 10.9 Å². The lowest BCUT2D eigenvalue weighted by Gasteiger charge is -2.09. The van der Waals surface area contributed by atoms with Gasteiger partial charge < -0.3 is 10.6 Å². The van der Waals surface area contributed by atoms with Crippen molar-refractivity contribution in [3.8, 4) is 0 Å². The standard InChI is InChI=1S/C19H16N4O2/c1-2-9-22-19(25)16-12-14(8-11-20-16)18(24)23-15-7-3-5-13-6-4-10-21-17(13)15/h2-8,10-12H,1,9H2,(H,22,25)(H,23,24). The van der Waals surface area contributed by atoms with Gasteiger partial charge in [0.2, 0.25) is 0 Å². The Morgan fingerprint density at radius 3 is 2.72 bits per heavy atom. The molecule has 25 heavy (non-hydrogen) atoms. The highest BCUT2D eigenvalue weighted by molar-refractivity contribution is 6.09. The minimum absolute atomic E-state index is 0.172. The van der Waals surface area contributed by atoms with Crippen LogP contribution in [0.1, 0.15) is 20.8 Å². The Balaban J connectivity index is 1.83. The fourth-order valence-electron chi connectivity index (χ4n) is 2.35. The molecule has 3 aromatic rings. The molecule has 0 atom stereocenters. The number of anilines is 1. The van der Waals surface area contributed by atoms with Crippen LogP contribution < -0.4 is 10.6 Å². The first-order valence-electron chi connectivity index (χ1n) is 7.69. The summed E-state index contributed by atoms with van der Waals surface area (Å²) in [5, 5.41) is 6.39. The van der Waals surface area contributed by atoms with Crippen LogP contribution in [0.3, 0.4) is 0 Å². The molecule has 2 amide bonds. The van der Waals surface area contributed by atoms with Crippen LogP contribution in [0, 0.1) is 0 Å². The Bertz CT molecular complexity index is 948. The highest BCUT2D eigenvalue weighted by Gasteiger charge is 2.13. The number of carbonyl (C=O) groups is 2. The molecule has 2 heterocycles. The van der Waals surface area contributed by atoms with Gasteiger partial charge in [0.25, 0.3) is 11.8 Å². The molecule has 0 fully saturated rings. The van der Waals surface area contributed by atoms with E-state index in [1.807, 2.05) is 24.3 Å². The zero-order valence-corrected chi connectivity index (χ0v) is 13.4. The van der Waals surface area contributed by atoms with Crippen LogP contribution in [0.4, 0.5) is 5.69 Å². The van der Waals surface area contributed by atoms with Crippen molar-refractivity contribution >= 4 is 28.4 Å². The number of para-hydroxylation sites is 1. The molecule has 0 aliphatic heterocycles. The van der Waals surface area contributed by atoms with Gasteiger partial charge in [-0.15, -0.1) is 6.58 Å². The molecule has 0 bridgehead atoms. The lowest BCUT2D eigenvalue weighted by atomic mass is 10.1. The molecule has 2 aromatic heterocycles. The van der Waals surface area contributed by atoms with Crippen LogP contribution in [0.15, 0.2) is 67.5 Å². The number of pyridine rings is 2. The monoisotopic (exact) mass is 332 g/mol. The topological polar surface area (TPSA) is 84.0 Å². The molecule has 0 saturated carbocycles. The van der Waals surface area contributed by atoms with Gasteiger partial charge in [-0.1, -0.05) is 24.3 Å². The summed E-state index contributed by atoms with van der Waals surface area (Å²) in [7, 11) is 0. The Labute approximate surface area is 144 Å². The number of benzene rings is 1. The van der Waals surface area contributed by atoms with Gasteiger partial charge in [0, 0.05) is 29.9 Å². The summed E-state index contributed by atoms with van der Waals surface area (Å²) in [6.45, 7) is 3.87. The van der Waals surface area contributed by atoms with E-state index in [2.05, 4.69) is 27.2 Å². The minimum atomic E-state index is -0.360. The fourth-order valence-corrected chi connectivity index (χ4v) is 2.35. The van der Waals surface area contributed by atoms with Crippen LogP contribution in [0.5, 0.6) is 0 Å². The lowest BCUT2D eigenvalue weighted by Crippen LogP contribution is -2.24. The Morgan fingerprint density at radius 1 is 1.04 bits per heavy atom. The molecule has 0 unspecified atom stereocenters. The predicted octanol–water partition coefficient (Wildman–Crippen LogP) is 2.80. The number of amides is 2. The maximum absolute atomic E-state index is 12.5. The summed E-state index contributed by atoms with van der Waals surface area (Å²) in [4.78, 5) is 32.8. The molecule has 3 rings (SSSR count). The van der Waals surface area contributed by atoms with E-state index in [1.165, 1.54) is 12.3 Å². The first kappa shape index (κ1) is 16.3. The molecule has 124 valence electrons. The number of fused-ring (bicyclic) bond motifs is 1. The number of hydrogen-bond acceptors (Lipinski definition) is 4. The highest BCUT2D eigenvalue weighted by Crippen LogP contribution is 2.21. The first-order chi connectivity index (χ1) is 12.2. The summed E-state index contributed by atoms with van der Waals surface area (Å²) in [5.74, 6) is -0.695. The molecule has 0 aliphatic carbocycles. The van der Waals surface area contributed by atoms with Crippen LogP contribution in [0.2, 0.25) is 0 Å². The Hall–Kier alpha value is -3.54. The molecule has 0 spiro atoms. The van der Waals surface area contributed by atoms with E-state index in [0.717, 1.165) is 5.39 Å². The van der Waals surface area contributed by atoms with E-state index >= 15 is 0 Å². The van der Waals surface area contributed by atoms with E-state index in [4.69, 9.17) is 0 Å². The van der Waals surface area contributed by atoms with Crippen molar-refractivity contribution in [2.24, 2.45) is 0 Å².